The largest absolute Gasteiger partial charge is 0.357 e. The van der Waals surface area contributed by atoms with Gasteiger partial charge < -0.3 is 18.9 Å². The van der Waals surface area contributed by atoms with Gasteiger partial charge >= 0.3 is 0 Å². The van der Waals surface area contributed by atoms with Crippen molar-refractivity contribution in [2.75, 3.05) is 26.3 Å². The van der Waals surface area contributed by atoms with Gasteiger partial charge in [-0.05, 0) is 11.6 Å². The molecule has 0 saturated carbocycles. The standard InChI is InChI=1S/C14H20N2O3/c1-15-5-2-12(11-15)10-13(17)16-6-3-14(4-7-16)18-8-9-19-14/h2,5,11H,3-4,6-10H2,1H3. The Bertz CT molecular complexity index is 453. The van der Waals surface area contributed by atoms with Crippen molar-refractivity contribution in [3.05, 3.63) is 24.0 Å². The Morgan fingerprint density at radius 3 is 2.58 bits per heavy atom. The summed E-state index contributed by atoms with van der Waals surface area (Å²) in [5.74, 6) is -0.206. The van der Waals surface area contributed by atoms with Gasteiger partial charge in [0.15, 0.2) is 5.79 Å². The summed E-state index contributed by atoms with van der Waals surface area (Å²) < 4.78 is 13.3. The lowest BCUT2D eigenvalue weighted by Gasteiger charge is -2.37. The highest BCUT2D eigenvalue weighted by Gasteiger charge is 2.40. The Labute approximate surface area is 113 Å². The number of hydrogen-bond donors (Lipinski definition) is 0. The fourth-order valence-electron chi connectivity index (χ4n) is 2.83. The molecule has 104 valence electrons. The van der Waals surface area contributed by atoms with Gasteiger partial charge in [-0.1, -0.05) is 0 Å². The Morgan fingerprint density at radius 2 is 2.00 bits per heavy atom. The van der Waals surface area contributed by atoms with Crippen molar-refractivity contribution in [3.63, 3.8) is 0 Å². The summed E-state index contributed by atoms with van der Waals surface area (Å²) in [6.07, 6.45) is 6.01. The van der Waals surface area contributed by atoms with Gasteiger partial charge in [0.2, 0.25) is 5.91 Å². The number of carbonyl (C=O) groups excluding carboxylic acids is 1. The van der Waals surface area contributed by atoms with E-state index in [1.165, 1.54) is 0 Å². The Hall–Kier alpha value is -1.33. The molecule has 5 heteroatoms. The molecule has 1 aromatic rings. The maximum atomic E-state index is 12.2. The Balaban J connectivity index is 1.54. The molecule has 1 spiro atoms. The number of aromatic nitrogens is 1. The van der Waals surface area contributed by atoms with Gasteiger partial charge in [-0.3, -0.25) is 4.79 Å². The molecule has 0 N–H and O–H groups in total. The van der Waals surface area contributed by atoms with E-state index in [0.29, 0.717) is 19.6 Å². The first-order chi connectivity index (χ1) is 9.17. The third-order valence-corrected chi connectivity index (χ3v) is 3.94. The predicted molar refractivity (Wildman–Crippen MR) is 69.6 cm³/mol. The SMILES string of the molecule is Cn1ccc(CC(=O)N2CCC3(CC2)OCCO3)c1. The summed E-state index contributed by atoms with van der Waals surface area (Å²) in [5.41, 5.74) is 1.07. The van der Waals surface area contributed by atoms with E-state index in [4.69, 9.17) is 9.47 Å². The van der Waals surface area contributed by atoms with Gasteiger partial charge in [0.05, 0.1) is 19.6 Å². The topological polar surface area (TPSA) is 43.7 Å². The first-order valence-electron chi connectivity index (χ1n) is 6.83. The van der Waals surface area contributed by atoms with E-state index in [1.807, 2.05) is 35.0 Å². The highest BCUT2D eigenvalue weighted by Crippen LogP contribution is 2.31. The minimum atomic E-state index is -0.399. The van der Waals surface area contributed by atoms with Crippen LogP contribution in [0.25, 0.3) is 0 Å². The van der Waals surface area contributed by atoms with Crippen LogP contribution in [-0.4, -0.2) is 47.5 Å². The van der Waals surface area contributed by atoms with Crippen LogP contribution in [0.4, 0.5) is 0 Å². The number of ether oxygens (including phenoxy) is 2. The van der Waals surface area contributed by atoms with Crippen LogP contribution in [0.5, 0.6) is 0 Å². The molecule has 1 amide bonds. The molecular formula is C14H20N2O3. The molecule has 0 unspecified atom stereocenters. The molecule has 2 saturated heterocycles. The molecule has 3 heterocycles. The van der Waals surface area contributed by atoms with Gasteiger partial charge in [-0.15, -0.1) is 0 Å². The number of likely N-dealkylation sites (tertiary alicyclic amines) is 1. The number of carbonyl (C=O) groups is 1. The minimum Gasteiger partial charge on any atom is -0.357 e. The zero-order valence-electron chi connectivity index (χ0n) is 11.3. The van der Waals surface area contributed by atoms with Gasteiger partial charge in [-0.25, -0.2) is 0 Å². The lowest BCUT2D eigenvalue weighted by Crippen LogP contribution is -2.47. The van der Waals surface area contributed by atoms with E-state index in [9.17, 15) is 4.79 Å². The molecule has 1 aromatic heterocycles. The molecule has 0 atom stereocenters. The Kier molecular flexibility index (Phi) is 3.33. The van der Waals surface area contributed by atoms with Crippen molar-refractivity contribution in [3.8, 4) is 0 Å². The number of aryl methyl sites for hydroxylation is 1. The average Bonchev–Trinajstić information content (AvgIpc) is 3.00. The molecule has 5 nitrogen and oxygen atoms in total. The van der Waals surface area contributed by atoms with Crippen LogP contribution in [0, 0.1) is 0 Å². The molecule has 0 aliphatic carbocycles. The quantitative estimate of drug-likeness (QED) is 0.798. The Morgan fingerprint density at radius 1 is 1.32 bits per heavy atom. The van der Waals surface area contributed by atoms with Crippen molar-refractivity contribution in [1.29, 1.82) is 0 Å². The molecule has 19 heavy (non-hydrogen) atoms. The van der Waals surface area contributed by atoms with Crippen LogP contribution in [-0.2, 0) is 27.7 Å². The average molecular weight is 264 g/mol. The fraction of sp³-hybridized carbons (Fsp3) is 0.643. The molecule has 2 aliphatic heterocycles. The predicted octanol–water partition coefficient (Wildman–Crippen LogP) is 0.933. The van der Waals surface area contributed by atoms with Crippen molar-refractivity contribution in [1.82, 2.24) is 9.47 Å². The van der Waals surface area contributed by atoms with Gasteiger partial charge in [0, 0.05) is 45.4 Å². The smallest absolute Gasteiger partial charge is 0.227 e. The summed E-state index contributed by atoms with van der Waals surface area (Å²) in [4.78, 5) is 14.1. The third-order valence-electron chi connectivity index (χ3n) is 3.94. The second kappa shape index (κ2) is 4.98. The molecule has 3 rings (SSSR count). The van der Waals surface area contributed by atoms with Crippen LogP contribution in [0.2, 0.25) is 0 Å². The van der Waals surface area contributed by atoms with Gasteiger partial charge in [0.1, 0.15) is 0 Å². The first-order valence-corrected chi connectivity index (χ1v) is 6.83. The van der Waals surface area contributed by atoms with Gasteiger partial charge in [0.25, 0.3) is 0 Å². The summed E-state index contributed by atoms with van der Waals surface area (Å²) in [7, 11) is 1.97. The third kappa shape index (κ3) is 2.67. The molecular weight excluding hydrogens is 244 g/mol. The summed E-state index contributed by atoms with van der Waals surface area (Å²) >= 11 is 0. The van der Waals surface area contributed by atoms with E-state index >= 15 is 0 Å². The van der Waals surface area contributed by atoms with Crippen molar-refractivity contribution in [2.45, 2.75) is 25.0 Å². The second-order valence-corrected chi connectivity index (χ2v) is 5.35. The normalized spacial score (nSPS) is 22.1. The highest BCUT2D eigenvalue weighted by atomic mass is 16.7. The number of rotatable bonds is 2. The fourth-order valence-corrected chi connectivity index (χ4v) is 2.83. The number of hydrogen-bond acceptors (Lipinski definition) is 3. The van der Waals surface area contributed by atoms with Crippen molar-refractivity contribution < 1.29 is 14.3 Å². The van der Waals surface area contributed by atoms with Gasteiger partial charge in [-0.2, -0.15) is 0 Å². The monoisotopic (exact) mass is 264 g/mol. The van der Waals surface area contributed by atoms with E-state index in [2.05, 4.69) is 0 Å². The summed E-state index contributed by atoms with van der Waals surface area (Å²) in [6, 6.07) is 1.99. The zero-order valence-corrected chi connectivity index (χ0v) is 11.3. The van der Waals surface area contributed by atoms with E-state index in [0.717, 1.165) is 31.5 Å². The molecule has 2 fully saturated rings. The van der Waals surface area contributed by atoms with Crippen LogP contribution in [0.15, 0.2) is 18.5 Å². The highest BCUT2D eigenvalue weighted by molar-refractivity contribution is 5.78. The first kappa shape index (κ1) is 12.7. The van der Waals surface area contributed by atoms with Crippen LogP contribution in [0.3, 0.4) is 0 Å². The number of amides is 1. The molecule has 2 aliphatic rings. The molecule has 0 aromatic carbocycles. The van der Waals surface area contributed by atoms with Crippen LogP contribution < -0.4 is 0 Å². The number of piperidine rings is 1. The maximum Gasteiger partial charge on any atom is 0.227 e. The van der Waals surface area contributed by atoms with E-state index in [1.54, 1.807) is 0 Å². The lowest BCUT2D eigenvalue weighted by molar-refractivity contribution is -0.187. The number of nitrogens with zero attached hydrogens (tertiary/aromatic N) is 2. The minimum absolute atomic E-state index is 0.194. The maximum absolute atomic E-state index is 12.2. The molecule has 0 radical (unpaired) electrons. The van der Waals surface area contributed by atoms with Crippen molar-refractivity contribution >= 4 is 5.91 Å². The summed E-state index contributed by atoms with van der Waals surface area (Å²) in [5, 5.41) is 0. The zero-order chi connectivity index (χ0) is 13.3. The lowest BCUT2D eigenvalue weighted by atomic mass is 10.0. The second-order valence-electron chi connectivity index (χ2n) is 5.35. The van der Waals surface area contributed by atoms with Crippen LogP contribution >= 0.6 is 0 Å². The summed E-state index contributed by atoms with van der Waals surface area (Å²) in [6.45, 7) is 2.81. The van der Waals surface area contributed by atoms with E-state index in [-0.39, 0.29) is 5.91 Å². The van der Waals surface area contributed by atoms with Crippen molar-refractivity contribution in [2.24, 2.45) is 7.05 Å². The van der Waals surface area contributed by atoms with E-state index < -0.39 is 5.79 Å². The van der Waals surface area contributed by atoms with Crippen LogP contribution in [0.1, 0.15) is 18.4 Å². The molecule has 0 bridgehead atoms.